The van der Waals surface area contributed by atoms with E-state index in [0.29, 0.717) is 5.69 Å². The molecule has 1 rings (SSSR count). The summed E-state index contributed by atoms with van der Waals surface area (Å²) in [6.07, 6.45) is 2.60. The second-order valence-electron chi connectivity index (χ2n) is 1.38. The van der Waals surface area contributed by atoms with Gasteiger partial charge in [-0.05, 0) is 12.1 Å². The lowest BCUT2D eigenvalue weighted by molar-refractivity contribution is 1.30. The molecule has 2 nitrogen and oxygen atoms in total. The number of rotatable bonds is 1. The van der Waals surface area contributed by atoms with Crippen LogP contribution in [0.25, 0.3) is 0 Å². The Bertz CT molecular complexity index is 169. The summed E-state index contributed by atoms with van der Waals surface area (Å²) in [6.45, 7) is 0. The summed E-state index contributed by atoms with van der Waals surface area (Å²) in [5.41, 5.74) is 0.590. The normalized spacial score (nSPS) is 8.50. The quantitative estimate of drug-likeness (QED) is 0.473. The maximum absolute atomic E-state index is 8.35. The Hall–Kier alpha value is -1.18. The van der Waals surface area contributed by atoms with Crippen LogP contribution in [0.3, 0.4) is 0 Å². The van der Waals surface area contributed by atoms with E-state index < -0.39 is 0 Å². The van der Waals surface area contributed by atoms with Crippen LogP contribution in [0.4, 0.5) is 0 Å². The van der Waals surface area contributed by atoms with Crippen molar-refractivity contribution in [2.24, 2.45) is 0 Å². The Morgan fingerprint density at radius 3 is 2.75 bits per heavy atom. The number of aromatic nitrogens is 1. The summed E-state index contributed by atoms with van der Waals surface area (Å²) >= 11 is 0. The molecule has 1 aromatic heterocycles. The molecule has 0 unspecified atom stereocenters. The van der Waals surface area contributed by atoms with Crippen molar-refractivity contribution in [2.45, 2.75) is 0 Å². The topological polar surface area (TPSA) is 35.2 Å². The van der Waals surface area contributed by atoms with Gasteiger partial charge in [0.2, 0.25) is 0 Å². The second kappa shape index (κ2) is 2.21. The summed E-state index contributed by atoms with van der Waals surface area (Å²) in [7, 11) is 0. The van der Waals surface area contributed by atoms with Crippen molar-refractivity contribution in [3.63, 3.8) is 0 Å². The van der Waals surface area contributed by atoms with E-state index in [4.69, 9.17) is 5.41 Å². The van der Waals surface area contributed by atoms with Gasteiger partial charge in [-0.2, -0.15) is 5.41 Å². The molecule has 0 atom stereocenters. The van der Waals surface area contributed by atoms with Gasteiger partial charge < -0.3 is 0 Å². The molecule has 0 amide bonds. The molecule has 0 fully saturated rings. The molecule has 39 valence electrons. The Morgan fingerprint density at radius 1 is 1.50 bits per heavy atom. The van der Waals surface area contributed by atoms with Crippen molar-refractivity contribution in [3.05, 3.63) is 30.1 Å². The van der Waals surface area contributed by atoms with Crippen LogP contribution in [0.2, 0.25) is 0 Å². The van der Waals surface area contributed by atoms with E-state index in [1.807, 2.05) is 6.07 Å². The summed E-state index contributed by atoms with van der Waals surface area (Å²) in [4.78, 5) is 3.79. The standard InChI is InChI=1S/C6H5N2/c7-5-6-3-1-2-4-8-6/h1-5H. The molecule has 8 heavy (non-hydrogen) atoms. The van der Waals surface area contributed by atoms with Gasteiger partial charge >= 0.3 is 0 Å². The Balaban J connectivity index is 2.99. The molecule has 2 heteroatoms. The molecule has 0 aromatic carbocycles. The SMILES string of the molecule is [N]=Cc1ccccn1. The summed E-state index contributed by atoms with van der Waals surface area (Å²) in [5.74, 6) is 0. The van der Waals surface area contributed by atoms with Gasteiger partial charge in [0.05, 0.1) is 11.9 Å². The van der Waals surface area contributed by atoms with Crippen LogP contribution < -0.4 is 5.41 Å². The maximum atomic E-state index is 8.35. The monoisotopic (exact) mass is 105 g/mol. The van der Waals surface area contributed by atoms with Crippen LogP contribution in [-0.2, 0) is 0 Å². The minimum atomic E-state index is 0.590. The zero-order chi connectivity index (χ0) is 5.82. The molecule has 1 radical (unpaired) electrons. The van der Waals surface area contributed by atoms with E-state index in [0.717, 1.165) is 6.21 Å². The zero-order valence-corrected chi connectivity index (χ0v) is 4.28. The molecule has 0 aliphatic carbocycles. The third kappa shape index (κ3) is 0.904. The highest BCUT2D eigenvalue weighted by Gasteiger charge is 1.79. The minimum Gasteiger partial charge on any atom is -0.255 e. The number of nitrogens with zero attached hydrogens (tertiary/aromatic N) is 2. The minimum absolute atomic E-state index is 0.590. The van der Waals surface area contributed by atoms with Gasteiger partial charge in [0, 0.05) is 6.20 Å². The van der Waals surface area contributed by atoms with E-state index in [-0.39, 0.29) is 0 Å². The fraction of sp³-hybridized carbons (Fsp3) is 0. The number of pyridine rings is 1. The summed E-state index contributed by atoms with van der Waals surface area (Å²) in [6, 6.07) is 5.34. The van der Waals surface area contributed by atoms with Crippen LogP contribution >= 0.6 is 0 Å². The summed E-state index contributed by atoms with van der Waals surface area (Å²) in [5, 5.41) is 8.35. The van der Waals surface area contributed by atoms with Crippen LogP contribution in [0.15, 0.2) is 24.4 Å². The van der Waals surface area contributed by atoms with Crippen LogP contribution in [0.1, 0.15) is 5.69 Å². The lowest BCUT2D eigenvalue weighted by atomic mass is 10.4. The third-order valence-electron chi connectivity index (χ3n) is 0.820. The molecule has 0 bridgehead atoms. The van der Waals surface area contributed by atoms with E-state index in [9.17, 15) is 0 Å². The first-order chi connectivity index (χ1) is 3.93. The van der Waals surface area contributed by atoms with Gasteiger partial charge in [0.1, 0.15) is 0 Å². The van der Waals surface area contributed by atoms with E-state index in [2.05, 4.69) is 4.98 Å². The van der Waals surface area contributed by atoms with Crippen molar-refractivity contribution in [1.82, 2.24) is 10.4 Å². The van der Waals surface area contributed by atoms with Crippen molar-refractivity contribution >= 4 is 6.21 Å². The highest BCUT2D eigenvalue weighted by molar-refractivity contribution is 5.74. The van der Waals surface area contributed by atoms with Crippen molar-refractivity contribution < 1.29 is 0 Å². The molecular formula is C6H5N2. The second-order valence-corrected chi connectivity index (χ2v) is 1.38. The van der Waals surface area contributed by atoms with Crippen LogP contribution in [-0.4, -0.2) is 11.2 Å². The molecule has 0 saturated carbocycles. The first kappa shape index (κ1) is 4.97. The van der Waals surface area contributed by atoms with Crippen molar-refractivity contribution in [2.75, 3.05) is 0 Å². The average Bonchev–Trinajstić information content (AvgIpc) is 1.90. The van der Waals surface area contributed by atoms with Crippen molar-refractivity contribution in [3.8, 4) is 0 Å². The molecule has 0 aliphatic rings. The largest absolute Gasteiger partial charge is 0.255 e. The Kier molecular flexibility index (Phi) is 1.37. The maximum Gasteiger partial charge on any atom is 0.0831 e. The van der Waals surface area contributed by atoms with Gasteiger partial charge in [-0.25, -0.2) is 0 Å². The first-order valence-corrected chi connectivity index (χ1v) is 2.32. The predicted octanol–water partition coefficient (Wildman–Crippen LogP) is 0.301. The van der Waals surface area contributed by atoms with E-state index in [1.165, 1.54) is 0 Å². The smallest absolute Gasteiger partial charge is 0.0831 e. The Labute approximate surface area is 47.7 Å². The van der Waals surface area contributed by atoms with E-state index in [1.54, 1.807) is 18.3 Å². The van der Waals surface area contributed by atoms with Gasteiger partial charge in [-0.3, -0.25) is 4.98 Å². The summed E-state index contributed by atoms with van der Waals surface area (Å²) < 4.78 is 0. The van der Waals surface area contributed by atoms with E-state index >= 15 is 0 Å². The molecule has 1 heterocycles. The predicted molar refractivity (Wildman–Crippen MR) is 31.5 cm³/mol. The third-order valence-corrected chi connectivity index (χ3v) is 0.820. The lowest BCUT2D eigenvalue weighted by Gasteiger charge is -1.82. The molecule has 0 spiro atoms. The zero-order valence-electron chi connectivity index (χ0n) is 4.28. The molecular weight excluding hydrogens is 100 g/mol. The average molecular weight is 105 g/mol. The van der Waals surface area contributed by atoms with Crippen LogP contribution in [0.5, 0.6) is 0 Å². The number of hydrogen-bond acceptors (Lipinski definition) is 1. The number of hydrogen-bond donors (Lipinski definition) is 0. The molecule has 0 N–H and O–H groups in total. The fourth-order valence-electron chi connectivity index (χ4n) is 0.452. The lowest BCUT2D eigenvalue weighted by Crippen LogP contribution is -1.83. The molecule has 0 aliphatic heterocycles. The van der Waals surface area contributed by atoms with Gasteiger partial charge in [0.25, 0.3) is 0 Å². The van der Waals surface area contributed by atoms with Gasteiger partial charge in [-0.1, -0.05) is 6.07 Å². The van der Waals surface area contributed by atoms with Crippen molar-refractivity contribution in [1.29, 1.82) is 0 Å². The molecule has 0 saturated heterocycles. The van der Waals surface area contributed by atoms with Crippen LogP contribution in [0, 0.1) is 0 Å². The Morgan fingerprint density at radius 2 is 2.38 bits per heavy atom. The van der Waals surface area contributed by atoms with Gasteiger partial charge in [-0.15, -0.1) is 0 Å². The fourth-order valence-corrected chi connectivity index (χ4v) is 0.452. The highest BCUT2D eigenvalue weighted by Crippen LogP contribution is 1.84. The molecule has 1 aromatic rings. The highest BCUT2D eigenvalue weighted by atomic mass is 14.7. The first-order valence-electron chi connectivity index (χ1n) is 2.32. The van der Waals surface area contributed by atoms with Gasteiger partial charge in [0.15, 0.2) is 0 Å².